The number of hydrogen-bond donors (Lipinski definition) is 1. The molecule has 1 nitrogen and oxygen atoms in total. The van der Waals surface area contributed by atoms with Gasteiger partial charge in [-0.05, 0) is 44.5 Å². The quantitative estimate of drug-likeness (QED) is 0.766. The van der Waals surface area contributed by atoms with Crippen LogP contribution in [0.1, 0.15) is 32.8 Å². The Morgan fingerprint density at radius 3 is 2.40 bits per heavy atom. The number of anilines is 1. The van der Waals surface area contributed by atoms with E-state index in [2.05, 4.69) is 63.5 Å². The second kappa shape index (κ2) is 5.59. The minimum atomic E-state index is 0.723. The predicted octanol–water partition coefficient (Wildman–Crippen LogP) is 4.36. The van der Waals surface area contributed by atoms with E-state index in [1.54, 1.807) is 0 Å². The molecule has 0 radical (unpaired) electrons. The molecule has 82 valence electrons. The molecule has 0 bridgehead atoms. The minimum absolute atomic E-state index is 0.723. The monoisotopic (exact) mass is 203 g/mol. The Balaban J connectivity index is 2.52. The molecule has 0 fully saturated rings. The van der Waals surface area contributed by atoms with Crippen LogP contribution in [0.5, 0.6) is 0 Å². The second-order valence-corrected chi connectivity index (χ2v) is 4.60. The van der Waals surface area contributed by atoms with Crippen molar-refractivity contribution in [1.82, 2.24) is 0 Å². The molecule has 1 aromatic rings. The van der Waals surface area contributed by atoms with Crippen LogP contribution in [0.4, 0.5) is 5.69 Å². The van der Waals surface area contributed by atoms with Crippen LogP contribution in [-0.4, -0.2) is 0 Å². The first-order valence-electron chi connectivity index (χ1n) is 5.57. The van der Waals surface area contributed by atoms with Crippen molar-refractivity contribution in [3.63, 3.8) is 0 Å². The molecule has 15 heavy (non-hydrogen) atoms. The number of aryl methyl sites for hydroxylation is 1. The molecular weight excluding hydrogens is 182 g/mol. The molecule has 0 aliphatic carbocycles. The molecule has 1 N–H and O–H groups in total. The van der Waals surface area contributed by atoms with Crippen LogP contribution in [0.25, 0.3) is 0 Å². The third kappa shape index (κ3) is 4.68. The zero-order valence-electron chi connectivity index (χ0n) is 10.2. The van der Waals surface area contributed by atoms with Crippen LogP contribution in [-0.2, 0) is 0 Å². The Morgan fingerprint density at radius 1 is 1.27 bits per heavy atom. The zero-order valence-corrected chi connectivity index (χ0v) is 10.2. The van der Waals surface area contributed by atoms with Crippen LogP contribution < -0.4 is 5.32 Å². The summed E-state index contributed by atoms with van der Waals surface area (Å²) in [5, 5.41) is 3.31. The van der Waals surface area contributed by atoms with Crippen molar-refractivity contribution in [3.8, 4) is 0 Å². The Morgan fingerprint density at radius 2 is 1.87 bits per heavy atom. The fourth-order valence-corrected chi connectivity index (χ4v) is 1.56. The van der Waals surface area contributed by atoms with Gasteiger partial charge in [0.05, 0.1) is 0 Å². The van der Waals surface area contributed by atoms with Crippen LogP contribution in [0.2, 0.25) is 0 Å². The van der Waals surface area contributed by atoms with Gasteiger partial charge in [0.1, 0.15) is 0 Å². The second-order valence-electron chi connectivity index (χ2n) is 4.60. The summed E-state index contributed by atoms with van der Waals surface area (Å²) in [4.78, 5) is 0. The molecule has 0 aromatic heterocycles. The highest BCUT2D eigenvalue weighted by molar-refractivity contribution is 5.46. The normalized spacial score (nSPS) is 11.9. The van der Waals surface area contributed by atoms with Crippen molar-refractivity contribution in [2.45, 2.75) is 34.1 Å². The van der Waals surface area contributed by atoms with Crippen molar-refractivity contribution in [2.75, 3.05) is 5.32 Å². The lowest BCUT2D eigenvalue weighted by molar-refractivity contribution is 0.642. The highest BCUT2D eigenvalue weighted by Gasteiger charge is 1.95. The fraction of sp³-hybridized carbons (Fsp3) is 0.429. The van der Waals surface area contributed by atoms with Crippen molar-refractivity contribution in [2.24, 2.45) is 5.92 Å². The standard InChI is InChI=1S/C14H21N/c1-11(2)9-13(4)10-15-14-7-5-12(3)6-8-14/h5-8,10-11,15H,9H2,1-4H3/b13-10+. The molecule has 0 amide bonds. The Kier molecular flexibility index (Phi) is 4.41. The van der Waals surface area contributed by atoms with E-state index in [0.29, 0.717) is 0 Å². The van der Waals surface area contributed by atoms with E-state index in [1.165, 1.54) is 11.1 Å². The largest absolute Gasteiger partial charge is 0.362 e. The molecule has 0 unspecified atom stereocenters. The van der Waals surface area contributed by atoms with Crippen molar-refractivity contribution in [1.29, 1.82) is 0 Å². The average molecular weight is 203 g/mol. The summed E-state index contributed by atoms with van der Waals surface area (Å²) in [6.45, 7) is 8.75. The first-order chi connectivity index (χ1) is 7.08. The highest BCUT2D eigenvalue weighted by Crippen LogP contribution is 2.12. The Bertz CT molecular complexity index is 320. The lowest BCUT2D eigenvalue weighted by atomic mass is 10.1. The summed E-state index contributed by atoms with van der Waals surface area (Å²) < 4.78 is 0. The van der Waals surface area contributed by atoms with E-state index in [-0.39, 0.29) is 0 Å². The Labute approximate surface area is 93.2 Å². The van der Waals surface area contributed by atoms with E-state index in [9.17, 15) is 0 Å². The van der Waals surface area contributed by atoms with Crippen LogP contribution in [0.3, 0.4) is 0 Å². The van der Waals surface area contributed by atoms with Gasteiger partial charge in [-0.3, -0.25) is 0 Å². The number of hydrogen-bond acceptors (Lipinski definition) is 1. The van der Waals surface area contributed by atoms with Crippen molar-refractivity contribution < 1.29 is 0 Å². The van der Waals surface area contributed by atoms with Gasteiger partial charge in [-0.15, -0.1) is 0 Å². The minimum Gasteiger partial charge on any atom is -0.362 e. The van der Waals surface area contributed by atoms with Gasteiger partial charge < -0.3 is 5.32 Å². The predicted molar refractivity (Wildman–Crippen MR) is 68.0 cm³/mol. The first-order valence-corrected chi connectivity index (χ1v) is 5.57. The topological polar surface area (TPSA) is 12.0 Å². The van der Waals surface area contributed by atoms with Gasteiger partial charge in [0.25, 0.3) is 0 Å². The number of rotatable bonds is 4. The van der Waals surface area contributed by atoms with E-state index in [4.69, 9.17) is 0 Å². The maximum Gasteiger partial charge on any atom is 0.0379 e. The van der Waals surface area contributed by atoms with Gasteiger partial charge in [-0.2, -0.15) is 0 Å². The summed E-state index contributed by atoms with van der Waals surface area (Å²) in [7, 11) is 0. The van der Waals surface area contributed by atoms with E-state index >= 15 is 0 Å². The summed E-state index contributed by atoms with van der Waals surface area (Å²) in [6.07, 6.45) is 3.25. The maximum atomic E-state index is 3.31. The van der Waals surface area contributed by atoms with Gasteiger partial charge in [-0.25, -0.2) is 0 Å². The lowest BCUT2D eigenvalue weighted by Gasteiger charge is -2.06. The molecule has 0 aliphatic rings. The molecule has 0 heterocycles. The fourth-order valence-electron chi connectivity index (χ4n) is 1.56. The van der Waals surface area contributed by atoms with Crippen LogP contribution >= 0.6 is 0 Å². The van der Waals surface area contributed by atoms with Crippen LogP contribution in [0, 0.1) is 12.8 Å². The van der Waals surface area contributed by atoms with Gasteiger partial charge in [-0.1, -0.05) is 37.1 Å². The van der Waals surface area contributed by atoms with Gasteiger partial charge in [0, 0.05) is 5.69 Å². The van der Waals surface area contributed by atoms with E-state index < -0.39 is 0 Å². The average Bonchev–Trinajstić information content (AvgIpc) is 2.16. The zero-order chi connectivity index (χ0) is 11.3. The van der Waals surface area contributed by atoms with Crippen LogP contribution in [0.15, 0.2) is 36.0 Å². The van der Waals surface area contributed by atoms with E-state index in [0.717, 1.165) is 18.0 Å². The Hall–Kier alpha value is -1.24. The molecule has 0 spiro atoms. The molecule has 0 aliphatic heterocycles. The first kappa shape index (κ1) is 11.8. The van der Waals surface area contributed by atoms with Crippen molar-refractivity contribution >= 4 is 5.69 Å². The molecule has 1 aromatic carbocycles. The molecule has 1 rings (SSSR count). The summed E-state index contributed by atoms with van der Waals surface area (Å²) in [5.41, 5.74) is 3.85. The summed E-state index contributed by atoms with van der Waals surface area (Å²) >= 11 is 0. The molecule has 0 atom stereocenters. The lowest BCUT2D eigenvalue weighted by Crippen LogP contribution is -1.93. The van der Waals surface area contributed by atoms with Gasteiger partial charge >= 0.3 is 0 Å². The highest BCUT2D eigenvalue weighted by atomic mass is 14.8. The van der Waals surface area contributed by atoms with Gasteiger partial charge in [0.15, 0.2) is 0 Å². The third-order valence-corrected chi connectivity index (χ3v) is 2.27. The maximum absolute atomic E-state index is 3.31. The molecule has 1 heteroatoms. The molecule has 0 saturated heterocycles. The van der Waals surface area contributed by atoms with Crippen molar-refractivity contribution in [3.05, 3.63) is 41.6 Å². The molecule has 0 saturated carbocycles. The molecular formula is C14H21N. The number of nitrogens with one attached hydrogen (secondary N) is 1. The number of benzene rings is 1. The van der Waals surface area contributed by atoms with E-state index in [1.807, 2.05) is 0 Å². The summed E-state index contributed by atoms with van der Waals surface area (Å²) in [6, 6.07) is 8.45. The summed E-state index contributed by atoms with van der Waals surface area (Å²) in [5.74, 6) is 0.723. The third-order valence-electron chi connectivity index (χ3n) is 2.27. The SMILES string of the molecule is C/C(=C\Nc1ccc(C)cc1)CC(C)C. The smallest absolute Gasteiger partial charge is 0.0379 e. The van der Waals surface area contributed by atoms with Gasteiger partial charge in [0.2, 0.25) is 0 Å². The number of allylic oxidation sites excluding steroid dienone is 1.